The van der Waals surface area contributed by atoms with Crippen LogP contribution in [-0.4, -0.2) is 25.6 Å². The Morgan fingerprint density at radius 1 is 1.24 bits per heavy atom. The first-order chi connectivity index (χ1) is 9.76. The molecule has 0 fully saturated rings. The average Bonchev–Trinajstić information content (AvgIpc) is 2.76. The molecule has 1 aromatic rings. The molecule has 0 saturated heterocycles. The van der Waals surface area contributed by atoms with Gasteiger partial charge in [-0.25, -0.2) is 13.1 Å². The second kappa shape index (κ2) is 7.96. The predicted octanol–water partition coefficient (Wildman–Crippen LogP) is 2.24. The molecule has 6 heteroatoms. The third-order valence-electron chi connectivity index (χ3n) is 3.48. The number of nitrogens with one attached hydrogen (secondary N) is 2. The zero-order valence-electron chi connectivity index (χ0n) is 13.8. The Hall–Kier alpha value is -0.850. The highest BCUT2D eigenvalue weighted by atomic mass is 32.2. The van der Waals surface area contributed by atoms with Crippen LogP contribution in [0.5, 0.6) is 0 Å². The molecule has 1 atom stereocenters. The topological polar surface area (TPSA) is 63.1 Å². The summed E-state index contributed by atoms with van der Waals surface area (Å²) in [6, 6.07) is 1.69. The van der Waals surface area contributed by atoms with Gasteiger partial charge in [0.05, 0.1) is 4.90 Å². The van der Waals surface area contributed by atoms with Crippen LogP contribution in [0.25, 0.3) is 0 Å². The highest BCUT2D eigenvalue weighted by Crippen LogP contribution is 2.15. The number of sulfonamides is 1. The average molecular weight is 315 g/mol. The Morgan fingerprint density at radius 2 is 1.90 bits per heavy atom. The fourth-order valence-corrected chi connectivity index (χ4v) is 3.50. The Bertz CT molecular complexity index is 535. The van der Waals surface area contributed by atoms with Gasteiger partial charge in [-0.1, -0.05) is 20.8 Å². The number of hydrogen-bond acceptors (Lipinski definition) is 3. The Kier molecular flexibility index (Phi) is 6.90. The SMILES string of the molecule is CCNCc1cc(S(=O)(=O)NC(C)CCC(C)C)cn1C. The highest BCUT2D eigenvalue weighted by molar-refractivity contribution is 7.89. The van der Waals surface area contributed by atoms with Crippen LogP contribution in [0.3, 0.4) is 0 Å². The number of aromatic nitrogens is 1. The molecule has 0 aliphatic rings. The molecule has 122 valence electrons. The largest absolute Gasteiger partial charge is 0.352 e. The summed E-state index contributed by atoms with van der Waals surface area (Å²) in [5.41, 5.74) is 0.965. The molecule has 0 saturated carbocycles. The van der Waals surface area contributed by atoms with Crippen molar-refractivity contribution < 1.29 is 8.42 Å². The summed E-state index contributed by atoms with van der Waals surface area (Å²) in [7, 11) is -1.56. The molecular weight excluding hydrogens is 286 g/mol. The summed E-state index contributed by atoms with van der Waals surface area (Å²) in [5, 5.41) is 3.21. The number of hydrogen-bond donors (Lipinski definition) is 2. The van der Waals surface area contributed by atoms with Crippen molar-refractivity contribution in [2.24, 2.45) is 13.0 Å². The molecule has 0 spiro atoms. The normalized spacial score (nSPS) is 13.8. The van der Waals surface area contributed by atoms with Crippen LogP contribution in [0.2, 0.25) is 0 Å². The lowest BCUT2D eigenvalue weighted by atomic mass is 10.1. The van der Waals surface area contributed by atoms with Gasteiger partial charge in [0.1, 0.15) is 0 Å². The first-order valence-corrected chi connectivity index (χ1v) is 9.12. The molecule has 1 aromatic heterocycles. The van der Waals surface area contributed by atoms with E-state index in [2.05, 4.69) is 23.9 Å². The maximum Gasteiger partial charge on any atom is 0.242 e. The van der Waals surface area contributed by atoms with E-state index in [1.807, 2.05) is 25.5 Å². The molecule has 21 heavy (non-hydrogen) atoms. The molecule has 0 bridgehead atoms. The molecular formula is C15H29N3O2S. The lowest BCUT2D eigenvalue weighted by Gasteiger charge is -2.14. The fraction of sp³-hybridized carbons (Fsp3) is 0.733. The van der Waals surface area contributed by atoms with E-state index in [0.717, 1.165) is 25.1 Å². The van der Waals surface area contributed by atoms with Gasteiger partial charge >= 0.3 is 0 Å². The minimum Gasteiger partial charge on any atom is -0.352 e. The van der Waals surface area contributed by atoms with Crippen LogP contribution >= 0.6 is 0 Å². The van der Waals surface area contributed by atoms with Crippen molar-refractivity contribution in [1.29, 1.82) is 0 Å². The van der Waals surface area contributed by atoms with E-state index in [4.69, 9.17) is 0 Å². The van der Waals surface area contributed by atoms with Gasteiger partial charge in [0.25, 0.3) is 0 Å². The van der Waals surface area contributed by atoms with Gasteiger partial charge < -0.3 is 9.88 Å². The second-order valence-electron chi connectivity index (χ2n) is 6.05. The van der Waals surface area contributed by atoms with E-state index >= 15 is 0 Å². The minimum absolute atomic E-state index is 0.0465. The van der Waals surface area contributed by atoms with Gasteiger partial charge in [-0.15, -0.1) is 0 Å². The lowest BCUT2D eigenvalue weighted by molar-refractivity contribution is 0.485. The van der Waals surface area contributed by atoms with Gasteiger partial charge in [-0.2, -0.15) is 0 Å². The van der Waals surface area contributed by atoms with E-state index in [9.17, 15) is 8.42 Å². The quantitative estimate of drug-likeness (QED) is 0.734. The van der Waals surface area contributed by atoms with Crippen molar-refractivity contribution in [3.05, 3.63) is 18.0 Å². The summed E-state index contributed by atoms with van der Waals surface area (Å²) in [4.78, 5) is 0.342. The highest BCUT2D eigenvalue weighted by Gasteiger charge is 2.20. The van der Waals surface area contributed by atoms with Crippen LogP contribution in [0.1, 0.15) is 46.2 Å². The van der Waals surface area contributed by atoms with E-state index in [1.165, 1.54) is 0 Å². The monoisotopic (exact) mass is 315 g/mol. The van der Waals surface area contributed by atoms with Gasteiger partial charge in [0.15, 0.2) is 0 Å². The zero-order valence-corrected chi connectivity index (χ0v) is 14.6. The third kappa shape index (κ3) is 5.80. The Labute approximate surface area is 129 Å². The van der Waals surface area contributed by atoms with Crippen molar-refractivity contribution in [3.63, 3.8) is 0 Å². The minimum atomic E-state index is -3.43. The van der Waals surface area contributed by atoms with E-state index in [0.29, 0.717) is 17.4 Å². The van der Waals surface area contributed by atoms with Crippen molar-refractivity contribution in [2.75, 3.05) is 6.54 Å². The Balaban J connectivity index is 2.74. The summed E-state index contributed by atoms with van der Waals surface area (Å²) in [5.74, 6) is 0.584. The first-order valence-electron chi connectivity index (χ1n) is 7.64. The molecule has 1 heterocycles. The lowest BCUT2D eigenvalue weighted by Crippen LogP contribution is -2.32. The number of rotatable bonds is 9. The first kappa shape index (κ1) is 18.2. The summed E-state index contributed by atoms with van der Waals surface area (Å²) in [6.07, 6.45) is 3.54. The van der Waals surface area contributed by atoms with Crippen molar-refractivity contribution in [1.82, 2.24) is 14.6 Å². The summed E-state index contributed by atoms with van der Waals surface area (Å²) >= 11 is 0. The molecule has 0 aliphatic carbocycles. The molecule has 5 nitrogen and oxygen atoms in total. The van der Waals surface area contributed by atoms with Gasteiger partial charge in [-0.3, -0.25) is 0 Å². The van der Waals surface area contributed by atoms with Gasteiger partial charge in [0, 0.05) is 31.5 Å². The van der Waals surface area contributed by atoms with Crippen LogP contribution < -0.4 is 10.0 Å². The van der Waals surface area contributed by atoms with Gasteiger partial charge in [-0.05, 0) is 38.3 Å². The number of aryl methyl sites for hydroxylation is 1. The summed E-state index contributed by atoms with van der Waals surface area (Å²) in [6.45, 7) is 9.76. The Morgan fingerprint density at radius 3 is 2.48 bits per heavy atom. The molecule has 0 radical (unpaired) electrons. The maximum absolute atomic E-state index is 12.4. The predicted molar refractivity (Wildman–Crippen MR) is 86.6 cm³/mol. The molecule has 1 unspecified atom stereocenters. The molecule has 0 amide bonds. The van der Waals surface area contributed by atoms with Crippen LogP contribution in [-0.2, 0) is 23.6 Å². The molecule has 0 aromatic carbocycles. The molecule has 2 N–H and O–H groups in total. The standard InChI is InChI=1S/C15H29N3O2S/c1-6-16-10-14-9-15(11-18(14)5)21(19,20)17-13(4)8-7-12(2)3/h9,11-13,16-17H,6-8,10H2,1-5H3. The van der Waals surface area contributed by atoms with Crippen LogP contribution in [0.4, 0.5) is 0 Å². The maximum atomic E-state index is 12.4. The summed E-state index contributed by atoms with van der Waals surface area (Å²) < 4.78 is 29.4. The third-order valence-corrected chi connectivity index (χ3v) is 5.04. The van der Waals surface area contributed by atoms with Crippen LogP contribution in [0, 0.1) is 5.92 Å². The second-order valence-corrected chi connectivity index (χ2v) is 7.77. The zero-order chi connectivity index (χ0) is 16.0. The fourth-order valence-electron chi connectivity index (χ4n) is 2.13. The van der Waals surface area contributed by atoms with E-state index in [-0.39, 0.29) is 6.04 Å². The van der Waals surface area contributed by atoms with Crippen molar-refractivity contribution in [2.45, 2.75) is 58.0 Å². The van der Waals surface area contributed by atoms with E-state index in [1.54, 1.807) is 12.3 Å². The molecule has 0 aliphatic heterocycles. The van der Waals surface area contributed by atoms with Crippen molar-refractivity contribution >= 4 is 10.0 Å². The van der Waals surface area contributed by atoms with Crippen LogP contribution in [0.15, 0.2) is 17.2 Å². The smallest absolute Gasteiger partial charge is 0.242 e. The van der Waals surface area contributed by atoms with Crippen molar-refractivity contribution in [3.8, 4) is 0 Å². The van der Waals surface area contributed by atoms with Gasteiger partial charge in [0.2, 0.25) is 10.0 Å². The number of nitrogens with zero attached hydrogens (tertiary/aromatic N) is 1. The van der Waals surface area contributed by atoms with E-state index < -0.39 is 10.0 Å². The molecule has 1 rings (SSSR count).